The fraction of sp³-hybridized carbons (Fsp3) is 0.333. The quantitative estimate of drug-likeness (QED) is 0.659. The summed E-state index contributed by atoms with van der Waals surface area (Å²) < 4.78 is 11.1. The topological polar surface area (TPSA) is 76.2 Å². The van der Waals surface area contributed by atoms with Crippen molar-refractivity contribution in [3.8, 4) is 11.5 Å². The highest BCUT2D eigenvalue weighted by Gasteiger charge is 2.27. The number of ether oxygens (including phenoxy) is 2. The Balaban J connectivity index is 1.27. The maximum Gasteiger partial charge on any atom is 0.226 e. The number of carbonyl (C=O) groups excluding carboxylic acids is 1. The third kappa shape index (κ3) is 3.74. The number of methoxy groups -OCH3 is 1. The van der Waals surface area contributed by atoms with Crippen molar-refractivity contribution in [2.24, 2.45) is 5.92 Å². The first kappa shape index (κ1) is 17.4. The fourth-order valence-corrected chi connectivity index (χ4v) is 3.46. The molecular formula is C21H23N3O3. The van der Waals surface area contributed by atoms with E-state index in [1.165, 1.54) is 0 Å². The number of rotatable bonds is 6. The molecule has 1 atom stereocenters. The number of fused-ring (bicyclic) bond motifs is 2. The van der Waals surface area contributed by atoms with Gasteiger partial charge in [0.2, 0.25) is 5.91 Å². The average molecular weight is 365 g/mol. The molecule has 1 amide bonds. The molecule has 3 aromatic rings. The monoisotopic (exact) mass is 365 g/mol. The largest absolute Gasteiger partial charge is 0.493 e. The number of benzene rings is 2. The lowest BCUT2D eigenvalue weighted by Gasteiger charge is -2.25. The first-order valence-corrected chi connectivity index (χ1v) is 9.24. The molecule has 140 valence electrons. The molecule has 2 N–H and O–H groups in total. The van der Waals surface area contributed by atoms with E-state index in [2.05, 4.69) is 15.3 Å². The van der Waals surface area contributed by atoms with E-state index in [0.29, 0.717) is 19.6 Å². The molecule has 0 saturated heterocycles. The van der Waals surface area contributed by atoms with Crippen LogP contribution in [0.3, 0.4) is 0 Å². The first-order valence-electron chi connectivity index (χ1n) is 9.24. The molecule has 6 heteroatoms. The van der Waals surface area contributed by atoms with Crippen molar-refractivity contribution in [3.63, 3.8) is 0 Å². The van der Waals surface area contributed by atoms with E-state index in [-0.39, 0.29) is 11.8 Å². The summed E-state index contributed by atoms with van der Waals surface area (Å²) in [6.45, 7) is 1.00. The lowest BCUT2D eigenvalue weighted by molar-refractivity contribution is -0.126. The minimum absolute atomic E-state index is 0.0353. The third-order valence-electron chi connectivity index (χ3n) is 4.87. The molecule has 6 nitrogen and oxygen atoms in total. The molecule has 0 saturated carbocycles. The predicted octanol–water partition coefficient (Wildman–Crippen LogP) is 2.87. The van der Waals surface area contributed by atoms with Gasteiger partial charge in [-0.3, -0.25) is 4.79 Å². The minimum atomic E-state index is -0.171. The Bertz CT molecular complexity index is 918. The van der Waals surface area contributed by atoms with E-state index in [1.807, 2.05) is 42.5 Å². The van der Waals surface area contributed by atoms with E-state index >= 15 is 0 Å². The molecule has 1 aliphatic heterocycles. The number of aromatic amines is 1. The maximum absolute atomic E-state index is 12.5. The first-order chi connectivity index (χ1) is 13.2. The maximum atomic E-state index is 12.5. The number of nitrogens with zero attached hydrogens (tertiary/aromatic N) is 1. The summed E-state index contributed by atoms with van der Waals surface area (Å²) in [6, 6.07) is 13.8. The van der Waals surface area contributed by atoms with Crippen LogP contribution in [0.2, 0.25) is 0 Å². The molecule has 0 unspecified atom stereocenters. The number of aryl methyl sites for hydroxylation is 1. The molecule has 27 heavy (non-hydrogen) atoms. The molecule has 2 heterocycles. The van der Waals surface area contributed by atoms with Crippen molar-refractivity contribution in [1.82, 2.24) is 15.3 Å². The summed E-state index contributed by atoms with van der Waals surface area (Å²) in [5.74, 6) is 2.29. The van der Waals surface area contributed by atoms with Crippen LogP contribution in [0.25, 0.3) is 11.0 Å². The molecule has 0 fully saturated rings. The average Bonchev–Trinajstić information content (AvgIpc) is 3.13. The molecule has 0 bridgehead atoms. The van der Waals surface area contributed by atoms with Crippen molar-refractivity contribution in [2.45, 2.75) is 19.3 Å². The number of imidazole rings is 1. The fourth-order valence-electron chi connectivity index (χ4n) is 3.46. The number of hydrogen-bond acceptors (Lipinski definition) is 4. The molecule has 0 spiro atoms. The lowest BCUT2D eigenvalue weighted by Crippen LogP contribution is -2.37. The Morgan fingerprint density at radius 1 is 1.30 bits per heavy atom. The SMILES string of the molecule is COc1cccc2c1OC[C@@H](C(=O)NCCCc1nc3ccccc3[nH]1)C2. The summed E-state index contributed by atoms with van der Waals surface area (Å²) in [5.41, 5.74) is 3.04. The van der Waals surface area contributed by atoms with Crippen LogP contribution in [0.1, 0.15) is 17.8 Å². The zero-order valence-electron chi connectivity index (χ0n) is 15.3. The lowest BCUT2D eigenvalue weighted by atomic mass is 9.95. The molecule has 0 radical (unpaired) electrons. The van der Waals surface area contributed by atoms with E-state index < -0.39 is 0 Å². The zero-order valence-corrected chi connectivity index (χ0v) is 15.3. The van der Waals surface area contributed by atoms with Crippen LogP contribution in [0.4, 0.5) is 0 Å². The molecule has 2 aromatic carbocycles. The second kappa shape index (κ2) is 7.70. The Morgan fingerprint density at radius 3 is 3.04 bits per heavy atom. The van der Waals surface area contributed by atoms with E-state index in [1.54, 1.807) is 7.11 Å². The minimum Gasteiger partial charge on any atom is -0.493 e. The van der Waals surface area contributed by atoms with E-state index in [0.717, 1.165) is 46.8 Å². The van der Waals surface area contributed by atoms with Crippen LogP contribution < -0.4 is 14.8 Å². The summed E-state index contributed by atoms with van der Waals surface area (Å²) in [6.07, 6.45) is 2.31. The highest BCUT2D eigenvalue weighted by atomic mass is 16.5. The van der Waals surface area contributed by atoms with Gasteiger partial charge in [-0.2, -0.15) is 0 Å². The summed E-state index contributed by atoms with van der Waals surface area (Å²) >= 11 is 0. The Kier molecular flexibility index (Phi) is 4.96. The van der Waals surface area contributed by atoms with Gasteiger partial charge in [0.25, 0.3) is 0 Å². The van der Waals surface area contributed by atoms with Crippen LogP contribution in [0.5, 0.6) is 11.5 Å². The van der Waals surface area contributed by atoms with Crippen LogP contribution in [-0.2, 0) is 17.6 Å². The second-order valence-corrected chi connectivity index (χ2v) is 6.76. The third-order valence-corrected chi connectivity index (χ3v) is 4.87. The van der Waals surface area contributed by atoms with Gasteiger partial charge >= 0.3 is 0 Å². The molecule has 1 aromatic heterocycles. The van der Waals surface area contributed by atoms with Crippen molar-refractivity contribution >= 4 is 16.9 Å². The predicted molar refractivity (Wildman–Crippen MR) is 103 cm³/mol. The normalized spacial score (nSPS) is 15.8. The highest BCUT2D eigenvalue weighted by molar-refractivity contribution is 5.79. The number of H-pyrrole nitrogens is 1. The number of nitrogens with one attached hydrogen (secondary N) is 2. The molecule has 0 aliphatic carbocycles. The van der Waals surface area contributed by atoms with Crippen molar-refractivity contribution in [1.29, 1.82) is 0 Å². The van der Waals surface area contributed by atoms with Crippen LogP contribution in [0.15, 0.2) is 42.5 Å². The summed E-state index contributed by atoms with van der Waals surface area (Å²) in [7, 11) is 1.62. The van der Waals surface area contributed by atoms with Gasteiger partial charge in [0.05, 0.1) is 24.1 Å². The zero-order chi connectivity index (χ0) is 18.6. The number of carbonyl (C=O) groups is 1. The van der Waals surface area contributed by atoms with Gasteiger partial charge in [0, 0.05) is 13.0 Å². The van der Waals surface area contributed by atoms with Gasteiger partial charge in [0.15, 0.2) is 11.5 Å². The Hall–Kier alpha value is -3.02. The summed E-state index contributed by atoms with van der Waals surface area (Å²) in [5, 5.41) is 3.02. The van der Waals surface area contributed by atoms with Gasteiger partial charge in [-0.25, -0.2) is 4.98 Å². The van der Waals surface area contributed by atoms with E-state index in [4.69, 9.17) is 9.47 Å². The molecular weight excluding hydrogens is 342 g/mol. The Labute approximate surface area is 157 Å². The molecule has 4 rings (SSSR count). The van der Waals surface area contributed by atoms with Gasteiger partial charge in [-0.1, -0.05) is 24.3 Å². The van der Waals surface area contributed by atoms with Gasteiger partial charge in [-0.05, 0) is 36.6 Å². The van der Waals surface area contributed by atoms with Crippen molar-refractivity contribution < 1.29 is 14.3 Å². The highest BCUT2D eigenvalue weighted by Crippen LogP contribution is 2.36. The standard InChI is InChI=1S/C21H23N3O3/c1-26-18-9-4-6-14-12-15(13-27-20(14)18)21(25)22-11-5-10-19-23-16-7-2-3-8-17(16)24-19/h2-4,6-9,15H,5,10-13H2,1H3,(H,22,25)(H,23,24)/t15-/m0/s1. The number of hydrogen-bond donors (Lipinski definition) is 2. The smallest absolute Gasteiger partial charge is 0.226 e. The Morgan fingerprint density at radius 2 is 2.19 bits per heavy atom. The summed E-state index contributed by atoms with van der Waals surface area (Å²) in [4.78, 5) is 20.3. The number of para-hydroxylation sites is 3. The number of amides is 1. The second-order valence-electron chi connectivity index (χ2n) is 6.76. The molecule has 1 aliphatic rings. The van der Waals surface area contributed by atoms with Gasteiger partial charge in [-0.15, -0.1) is 0 Å². The van der Waals surface area contributed by atoms with Crippen LogP contribution in [-0.4, -0.2) is 36.1 Å². The van der Waals surface area contributed by atoms with Gasteiger partial charge in [0.1, 0.15) is 12.4 Å². The van der Waals surface area contributed by atoms with Gasteiger partial charge < -0.3 is 19.8 Å². The van der Waals surface area contributed by atoms with Crippen LogP contribution >= 0.6 is 0 Å². The number of aromatic nitrogens is 2. The van der Waals surface area contributed by atoms with Crippen molar-refractivity contribution in [3.05, 3.63) is 53.9 Å². The van der Waals surface area contributed by atoms with E-state index in [9.17, 15) is 4.79 Å². The van der Waals surface area contributed by atoms with Crippen molar-refractivity contribution in [2.75, 3.05) is 20.3 Å². The van der Waals surface area contributed by atoms with Crippen LogP contribution in [0, 0.1) is 5.92 Å².